The lowest BCUT2D eigenvalue weighted by atomic mass is 9.97. The fourth-order valence-corrected chi connectivity index (χ4v) is 2.13. The highest BCUT2D eigenvalue weighted by molar-refractivity contribution is 5.88. The summed E-state index contributed by atoms with van der Waals surface area (Å²) in [5.41, 5.74) is 1.83. The number of hydrogen-bond donors (Lipinski definition) is 0. The van der Waals surface area contributed by atoms with Gasteiger partial charge in [0, 0.05) is 5.57 Å². The van der Waals surface area contributed by atoms with Crippen LogP contribution in [0.3, 0.4) is 0 Å². The van der Waals surface area contributed by atoms with E-state index in [0.717, 1.165) is 36.1 Å². The molecule has 0 radical (unpaired) electrons. The van der Waals surface area contributed by atoms with E-state index >= 15 is 0 Å². The Kier molecular flexibility index (Phi) is 6.85. The van der Waals surface area contributed by atoms with E-state index in [9.17, 15) is 4.79 Å². The van der Waals surface area contributed by atoms with E-state index in [0.29, 0.717) is 0 Å². The van der Waals surface area contributed by atoms with Gasteiger partial charge < -0.3 is 9.47 Å². The van der Waals surface area contributed by atoms with Crippen LogP contribution < -0.4 is 4.74 Å². The molecule has 20 heavy (non-hydrogen) atoms. The first-order chi connectivity index (χ1) is 9.70. The van der Waals surface area contributed by atoms with Crippen LogP contribution in [-0.4, -0.2) is 19.2 Å². The van der Waals surface area contributed by atoms with Crippen molar-refractivity contribution in [2.45, 2.75) is 46.1 Å². The molecular weight excluding hydrogens is 252 g/mol. The molecule has 0 spiro atoms. The molecule has 1 aromatic carbocycles. The summed E-state index contributed by atoms with van der Waals surface area (Å²) in [6.07, 6.45) is 4.53. The molecule has 0 saturated heterocycles. The van der Waals surface area contributed by atoms with Gasteiger partial charge in [-0.1, -0.05) is 32.0 Å². The van der Waals surface area contributed by atoms with Crippen LogP contribution in [0.15, 0.2) is 35.9 Å². The molecule has 0 N–H and O–H groups in total. The minimum Gasteiger partial charge on any atom is -0.486 e. The fraction of sp³-hybridized carbons (Fsp3) is 0.471. The molecule has 0 bridgehead atoms. The summed E-state index contributed by atoms with van der Waals surface area (Å²) in [6, 6.07) is 7.91. The van der Waals surface area contributed by atoms with Crippen molar-refractivity contribution < 1.29 is 14.3 Å². The van der Waals surface area contributed by atoms with Crippen LogP contribution in [0.5, 0.6) is 5.75 Å². The molecule has 0 fully saturated rings. The van der Waals surface area contributed by atoms with Crippen LogP contribution in [0.1, 0.15) is 38.7 Å². The molecule has 0 aliphatic heterocycles. The molecule has 1 atom stereocenters. The molecule has 1 aromatic rings. The van der Waals surface area contributed by atoms with E-state index in [1.165, 1.54) is 7.11 Å². The summed E-state index contributed by atoms with van der Waals surface area (Å²) < 4.78 is 10.7. The smallest absolute Gasteiger partial charge is 0.333 e. The van der Waals surface area contributed by atoms with Gasteiger partial charge in [0.2, 0.25) is 0 Å². The fourth-order valence-electron chi connectivity index (χ4n) is 2.13. The van der Waals surface area contributed by atoms with Crippen molar-refractivity contribution in [3.05, 3.63) is 41.5 Å². The van der Waals surface area contributed by atoms with E-state index in [2.05, 4.69) is 0 Å². The number of methoxy groups -OCH3 is 1. The van der Waals surface area contributed by atoms with Crippen LogP contribution in [0.4, 0.5) is 0 Å². The molecular formula is C17H24O3. The molecule has 1 aliphatic carbocycles. The van der Waals surface area contributed by atoms with Gasteiger partial charge in [0.1, 0.15) is 11.9 Å². The minimum absolute atomic E-state index is 0.0334. The highest BCUT2D eigenvalue weighted by Crippen LogP contribution is 2.25. The van der Waals surface area contributed by atoms with Crippen LogP contribution in [-0.2, 0) is 9.53 Å². The molecule has 1 unspecified atom stereocenters. The maximum Gasteiger partial charge on any atom is 0.333 e. The van der Waals surface area contributed by atoms with Crippen molar-refractivity contribution in [1.82, 2.24) is 0 Å². The van der Waals surface area contributed by atoms with Gasteiger partial charge in [0.25, 0.3) is 0 Å². The van der Waals surface area contributed by atoms with E-state index in [4.69, 9.17) is 9.47 Å². The van der Waals surface area contributed by atoms with Crippen LogP contribution in [0.25, 0.3) is 0 Å². The minimum atomic E-state index is -0.243. The van der Waals surface area contributed by atoms with Crippen LogP contribution in [0, 0.1) is 6.92 Å². The zero-order chi connectivity index (χ0) is 15.0. The number of hydrogen-bond acceptors (Lipinski definition) is 3. The number of para-hydroxylation sites is 1. The molecule has 0 heterocycles. The molecule has 1 aliphatic rings. The van der Waals surface area contributed by atoms with Gasteiger partial charge >= 0.3 is 5.97 Å². The monoisotopic (exact) mass is 276 g/mol. The van der Waals surface area contributed by atoms with Gasteiger partial charge in [-0.2, -0.15) is 0 Å². The molecule has 3 heteroatoms. The number of carbonyl (C=O) groups is 1. The summed E-state index contributed by atoms with van der Waals surface area (Å²) in [7, 11) is 1.41. The average molecular weight is 276 g/mol. The van der Waals surface area contributed by atoms with Gasteiger partial charge in [0.15, 0.2) is 0 Å². The maximum absolute atomic E-state index is 11.5. The first kappa shape index (κ1) is 16.3. The lowest BCUT2D eigenvalue weighted by Gasteiger charge is -2.22. The van der Waals surface area contributed by atoms with Gasteiger partial charge in [0.05, 0.1) is 7.11 Å². The Labute approximate surface area is 121 Å². The third kappa shape index (κ3) is 4.41. The quantitative estimate of drug-likeness (QED) is 0.781. The molecule has 110 valence electrons. The zero-order valence-corrected chi connectivity index (χ0v) is 12.8. The third-order valence-corrected chi connectivity index (χ3v) is 3.14. The highest BCUT2D eigenvalue weighted by Gasteiger charge is 2.20. The van der Waals surface area contributed by atoms with Crippen molar-refractivity contribution in [2.24, 2.45) is 0 Å². The Morgan fingerprint density at radius 1 is 1.25 bits per heavy atom. The van der Waals surface area contributed by atoms with Gasteiger partial charge in [-0.3, -0.25) is 0 Å². The number of esters is 1. The Balaban J connectivity index is 0.000000956. The topological polar surface area (TPSA) is 35.5 Å². The number of carbonyl (C=O) groups excluding carboxylic acids is 1. The average Bonchev–Trinajstić information content (AvgIpc) is 2.51. The van der Waals surface area contributed by atoms with Crippen molar-refractivity contribution >= 4 is 5.97 Å². The zero-order valence-electron chi connectivity index (χ0n) is 12.8. The SMILES string of the molecule is CC.COC(=O)C1=CC(Oc2ccccc2C)CCC1. The summed E-state index contributed by atoms with van der Waals surface area (Å²) in [5.74, 6) is 0.637. The van der Waals surface area contributed by atoms with E-state index in [-0.39, 0.29) is 12.1 Å². The van der Waals surface area contributed by atoms with Gasteiger partial charge in [-0.15, -0.1) is 0 Å². The largest absolute Gasteiger partial charge is 0.486 e. The predicted octanol–water partition coefficient (Wildman–Crippen LogP) is 4.05. The van der Waals surface area contributed by atoms with Crippen molar-refractivity contribution in [3.8, 4) is 5.75 Å². The van der Waals surface area contributed by atoms with Crippen LogP contribution in [0.2, 0.25) is 0 Å². The van der Waals surface area contributed by atoms with Gasteiger partial charge in [-0.25, -0.2) is 4.79 Å². The normalized spacial score (nSPS) is 17.4. The number of aryl methyl sites for hydroxylation is 1. The van der Waals surface area contributed by atoms with Crippen molar-refractivity contribution in [1.29, 1.82) is 0 Å². The Morgan fingerprint density at radius 2 is 1.95 bits per heavy atom. The lowest BCUT2D eigenvalue weighted by molar-refractivity contribution is -0.136. The predicted molar refractivity (Wildman–Crippen MR) is 80.9 cm³/mol. The second-order valence-corrected chi connectivity index (χ2v) is 4.50. The highest BCUT2D eigenvalue weighted by atomic mass is 16.5. The number of rotatable bonds is 3. The van der Waals surface area contributed by atoms with Crippen molar-refractivity contribution in [3.63, 3.8) is 0 Å². The Bertz CT molecular complexity index is 463. The summed E-state index contributed by atoms with van der Waals surface area (Å²) in [6.45, 7) is 6.02. The van der Waals surface area contributed by atoms with E-state index in [1.807, 2.05) is 51.1 Å². The maximum atomic E-state index is 11.5. The van der Waals surface area contributed by atoms with E-state index in [1.54, 1.807) is 0 Å². The van der Waals surface area contributed by atoms with E-state index < -0.39 is 0 Å². The second-order valence-electron chi connectivity index (χ2n) is 4.50. The Hall–Kier alpha value is -1.77. The number of ether oxygens (including phenoxy) is 2. The molecule has 0 saturated carbocycles. The first-order valence-electron chi connectivity index (χ1n) is 7.22. The Morgan fingerprint density at radius 3 is 2.60 bits per heavy atom. The summed E-state index contributed by atoms with van der Waals surface area (Å²) in [5, 5.41) is 0. The molecule has 2 rings (SSSR count). The molecule has 0 amide bonds. The first-order valence-corrected chi connectivity index (χ1v) is 7.22. The molecule has 0 aromatic heterocycles. The van der Waals surface area contributed by atoms with Crippen molar-refractivity contribution in [2.75, 3.05) is 7.11 Å². The third-order valence-electron chi connectivity index (χ3n) is 3.14. The lowest BCUT2D eigenvalue weighted by Crippen LogP contribution is -2.21. The van der Waals surface area contributed by atoms with Gasteiger partial charge in [-0.05, 0) is 43.9 Å². The summed E-state index contributed by atoms with van der Waals surface area (Å²) in [4.78, 5) is 11.5. The summed E-state index contributed by atoms with van der Waals surface area (Å²) >= 11 is 0. The second kappa shape index (κ2) is 8.41. The molecule has 3 nitrogen and oxygen atoms in total. The standard InChI is InChI=1S/C15H18O3.C2H6/c1-11-6-3-4-9-14(11)18-13-8-5-7-12(10-13)15(16)17-2;1-2/h3-4,6,9-10,13H,5,7-8H2,1-2H3;1-2H3. The van der Waals surface area contributed by atoms with Crippen LogP contribution >= 0.6 is 0 Å². The number of benzene rings is 1.